The van der Waals surface area contributed by atoms with Gasteiger partial charge in [-0.25, -0.2) is 4.99 Å². The van der Waals surface area contributed by atoms with E-state index in [9.17, 15) is 0 Å². The van der Waals surface area contributed by atoms with Crippen molar-refractivity contribution >= 4 is 5.90 Å². The molecule has 0 aromatic heterocycles. The van der Waals surface area contributed by atoms with Crippen molar-refractivity contribution in [2.75, 3.05) is 6.61 Å². The molecule has 0 aliphatic carbocycles. The molecule has 146 valence electrons. The van der Waals surface area contributed by atoms with Crippen LogP contribution in [0.25, 0.3) is 0 Å². The van der Waals surface area contributed by atoms with E-state index in [-0.39, 0.29) is 5.54 Å². The Kier molecular flexibility index (Phi) is 12.8. The lowest BCUT2D eigenvalue weighted by Crippen LogP contribution is -2.17. The fraction of sp³-hybridized carbons (Fsp3) is 0.870. The third-order valence-electron chi connectivity index (χ3n) is 4.92. The number of hydrogen-bond acceptors (Lipinski definition) is 2. The van der Waals surface area contributed by atoms with Crippen LogP contribution in [0.15, 0.2) is 17.1 Å². The molecule has 0 atom stereocenters. The molecule has 1 aliphatic heterocycles. The van der Waals surface area contributed by atoms with Crippen molar-refractivity contribution in [1.82, 2.24) is 0 Å². The van der Waals surface area contributed by atoms with E-state index in [0.717, 1.165) is 18.9 Å². The van der Waals surface area contributed by atoms with Gasteiger partial charge in [0.15, 0.2) is 5.90 Å². The Balaban J connectivity index is 1.78. The van der Waals surface area contributed by atoms with Crippen LogP contribution in [-0.4, -0.2) is 18.0 Å². The van der Waals surface area contributed by atoms with Crippen LogP contribution < -0.4 is 0 Å². The molecular weight excluding hydrogens is 306 g/mol. The van der Waals surface area contributed by atoms with Crippen molar-refractivity contribution in [3.8, 4) is 0 Å². The molecule has 0 bridgehead atoms. The molecule has 1 aliphatic rings. The first-order valence-electron chi connectivity index (χ1n) is 11.0. The van der Waals surface area contributed by atoms with Crippen molar-refractivity contribution in [1.29, 1.82) is 0 Å². The standard InChI is InChI=1S/C23H43NO/c1-4-5-6-7-8-9-10-11-12-13-14-15-16-17-18-19-20-22-24-23(2,3)21-25-22/h11-12H,4-10,13-21H2,1-3H3/b12-11-. The number of nitrogens with zero attached hydrogens (tertiary/aromatic N) is 1. The molecule has 0 spiro atoms. The first kappa shape index (κ1) is 22.3. The van der Waals surface area contributed by atoms with E-state index in [1.54, 1.807) is 0 Å². The van der Waals surface area contributed by atoms with Crippen LogP contribution in [0.1, 0.15) is 117 Å². The number of unbranched alkanes of at least 4 members (excludes halogenated alkanes) is 12. The summed E-state index contributed by atoms with van der Waals surface area (Å²) in [5, 5.41) is 0. The van der Waals surface area contributed by atoms with Gasteiger partial charge in [-0.15, -0.1) is 0 Å². The van der Waals surface area contributed by atoms with Gasteiger partial charge in [0.2, 0.25) is 0 Å². The third kappa shape index (κ3) is 13.1. The summed E-state index contributed by atoms with van der Waals surface area (Å²) in [5.41, 5.74) is 0.0118. The lowest BCUT2D eigenvalue weighted by Gasteiger charge is -2.07. The fourth-order valence-electron chi connectivity index (χ4n) is 3.31. The minimum atomic E-state index is 0.0118. The van der Waals surface area contributed by atoms with Gasteiger partial charge in [-0.3, -0.25) is 0 Å². The lowest BCUT2D eigenvalue weighted by molar-refractivity contribution is 0.273. The van der Waals surface area contributed by atoms with E-state index in [4.69, 9.17) is 4.74 Å². The number of hydrogen-bond donors (Lipinski definition) is 0. The third-order valence-corrected chi connectivity index (χ3v) is 4.92. The number of ether oxygens (including phenoxy) is 1. The highest BCUT2D eigenvalue weighted by molar-refractivity contribution is 5.78. The van der Waals surface area contributed by atoms with Crippen LogP contribution in [-0.2, 0) is 4.74 Å². The number of rotatable bonds is 16. The average molecular weight is 350 g/mol. The molecule has 0 unspecified atom stereocenters. The number of aliphatic imine (C=N–C) groups is 1. The van der Waals surface area contributed by atoms with Gasteiger partial charge in [-0.2, -0.15) is 0 Å². The van der Waals surface area contributed by atoms with Crippen molar-refractivity contribution in [3.05, 3.63) is 12.2 Å². The van der Waals surface area contributed by atoms with Gasteiger partial charge in [0.05, 0.1) is 5.54 Å². The molecule has 0 saturated carbocycles. The molecular formula is C23H43NO. The summed E-state index contributed by atoms with van der Waals surface area (Å²) in [6.45, 7) is 7.32. The first-order chi connectivity index (χ1) is 12.1. The number of allylic oxidation sites excluding steroid dienone is 2. The summed E-state index contributed by atoms with van der Waals surface area (Å²) in [6.07, 6.45) is 24.8. The SMILES string of the molecule is CCCCCCCC/C=C\CCCCCCCCC1=NC(C)(C)CO1. The molecule has 0 aromatic carbocycles. The van der Waals surface area contributed by atoms with E-state index < -0.39 is 0 Å². The molecule has 2 heteroatoms. The molecule has 1 heterocycles. The molecule has 0 N–H and O–H groups in total. The predicted octanol–water partition coefficient (Wildman–Crippen LogP) is 7.62. The summed E-state index contributed by atoms with van der Waals surface area (Å²) in [5.74, 6) is 0.987. The lowest BCUT2D eigenvalue weighted by atomic mass is 10.1. The van der Waals surface area contributed by atoms with Crippen LogP contribution in [0.5, 0.6) is 0 Å². The molecule has 0 amide bonds. The zero-order chi connectivity index (χ0) is 18.2. The van der Waals surface area contributed by atoms with Gasteiger partial charge in [0.1, 0.15) is 6.61 Å². The molecule has 0 aromatic rings. The van der Waals surface area contributed by atoms with Crippen LogP contribution in [0.4, 0.5) is 0 Å². The maximum atomic E-state index is 5.63. The minimum absolute atomic E-state index is 0.0118. The van der Waals surface area contributed by atoms with Gasteiger partial charge in [-0.05, 0) is 46.0 Å². The molecule has 1 rings (SSSR count). The summed E-state index contributed by atoms with van der Waals surface area (Å²) in [4.78, 5) is 4.61. The topological polar surface area (TPSA) is 21.6 Å². The van der Waals surface area contributed by atoms with Crippen LogP contribution >= 0.6 is 0 Å². The monoisotopic (exact) mass is 349 g/mol. The Labute approximate surface area is 157 Å². The van der Waals surface area contributed by atoms with E-state index in [1.165, 1.54) is 89.9 Å². The van der Waals surface area contributed by atoms with Crippen LogP contribution in [0, 0.1) is 0 Å². The Morgan fingerprint density at radius 2 is 1.32 bits per heavy atom. The second kappa shape index (κ2) is 14.4. The fourth-order valence-corrected chi connectivity index (χ4v) is 3.31. The van der Waals surface area contributed by atoms with Crippen molar-refractivity contribution in [3.63, 3.8) is 0 Å². The van der Waals surface area contributed by atoms with Gasteiger partial charge in [-0.1, -0.05) is 76.9 Å². The second-order valence-corrected chi connectivity index (χ2v) is 8.29. The summed E-state index contributed by atoms with van der Waals surface area (Å²) < 4.78 is 5.63. The Morgan fingerprint density at radius 3 is 1.84 bits per heavy atom. The molecule has 0 radical (unpaired) electrons. The van der Waals surface area contributed by atoms with E-state index in [0.29, 0.717) is 0 Å². The second-order valence-electron chi connectivity index (χ2n) is 8.29. The average Bonchev–Trinajstić information content (AvgIpc) is 2.93. The normalized spacial score (nSPS) is 16.4. The Morgan fingerprint density at radius 1 is 0.800 bits per heavy atom. The summed E-state index contributed by atoms with van der Waals surface area (Å²) >= 11 is 0. The largest absolute Gasteiger partial charge is 0.478 e. The Hall–Kier alpha value is -0.790. The quantitative estimate of drug-likeness (QED) is 0.207. The van der Waals surface area contributed by atoms with E-state index in [1.807, 2.05) is 0 Å². The predicted molar refractivity (Wildman–Crippen MR) is 112 cm³/mol. The van der Waals surface area contributed by atoms with Crippen LogP contribution in [0.2, 0.25) is 0 Å². The summed E-state index contributed by atoms with van der Waals surface area (Å²) in [6, 6.07) is 0. The zero-order valence-electron chi connectivity index (χ0n) is 17.3. The highest BCUT2D eigenvalue weighted by Crippen LogP contribution is 2.19. The van der Waals surface area contributed by atoms with Crippen molar-refractivity contribution in [2.45, 2.75) is 123 Å². The highest BCUT2D eigenvalue weighted by atomic mass is 16.5. The summed E-state index contributed by atoms with van der Waals surface area (Å²) in [7, 11) is 0. The first-order valence-corrected chi connectivity index (χ1v) is 11.0. The van der Waals surface area contributed by atoms with Gasteiger partial charge in [0.25, 0.3) is 0 Å². The van der Waals surface area contributed by atoms with Gasteiger partial charge < -0.3 is 4.74 Å². The van der Waals surface area contributed by atoms with Crippen molar-refractivity contribution < 1.29 is 4.74 Å². The smallest absolute Gasteiger partial charge is 0.183 e. The molecule has 0 saturated heterocycles. The molecule has 2 nitrogen and oxygen atoms in total. The highest BCUT2D eigenvalue weighted by Gasteiger charge is 2.25. The van der Waals surface area contributed by atoms with Crippen molar-refractivity contribution in [2.24, 2.45) is 4.99 Å². The zero-order valence-corrected chi connectivity index (χ0v) is 17.3. The molecule has 0 fully saturated rings. The van der Waals surface area contributed by atoms with E-state index in [2.05, 4.69) is 37.9 Å². The maximum absolute atomic E-state index is 5.63. The minimum Gasteiger partial charge on any atom is -0.478 e. The van der Waals surface area contributed by atoms with E-state index >= 15 is 0 Å². The van der Waals surface area contributed by atoms with Crippen LogP contribution in [0.3, 0.4) is 0 Å². The molecule has 25 heavy (non-hydrogen) atoms. The Bertz CT molecular complexity index is 370. The van der Waals surface area contributed by atoms with Gasteiger partial charge >= 0.3 is 0 Å². The van der Waals surface area contributed by atoms with Gasteiger partial charge in [0, 0.05) is 6.42 Å². The maximum Gasteiger partial charge on any atom is 0.183 e.